The van der Waals surface area contributed by atoms with Crippen LogP contribution in [0.3, 0.4) is 0 Å². The van der Waals surface area contributed by atoms with Crippen molar-refractivity contribution in [3.05, 3.63) is 150 Å². The fraction of sp³-hybridized carbons (Fsp3) is 0.175. The highest BCUT2D eigenvalue weighted by Gasteiger charge is 2.35. The van der Waals surface area contributed by atoms with Crippen molar-refractivity contribution in [3.63, 3.8) is 0 Å². The van der Waals surface area contributed by atoms with Gasteiger partial charge in [-0.25, -0.2) is 8.78 Å². The lowest BCUT2D eigenvalue weighted by molar-refractivity contribution is -0.143. The number of carboxylic acid groups (broad SMARTS) is 1. The van der Waals surface area contributed by atoms with E-state index in [0.29, 0.717) is 29.1 Å². The van der Waals surface area contributed by atoms with Gasteiger partial charge in [-0.3, -0.25) is 19.2 Å². The number of carbonyl (C=O) groups is 2. The van der Waals surface area contributed by atoms with Crippen molar-refractivity contribution in [3.8, 4) is 28.0 Å². The molecule has 2 aliphatic rings. The molecule has 0 radical (unpaired) electrons. The average Bonchev–Trinajstić information content (AvgIpc) is 3.86. The summed E-state index contributed by atoms with van der Waals surface area (Å²) in [6.07, 6.45) is 7.37. The van der Waals surface area contributed by atoms with Crippen molar-refractivity contribution in [2.75, 3.05) is 11.5 Å². The van der Waals surface area contributed by atoms with E-state index >= 15 is 0 Å². The molecule has 1 unspecified atom stereocenters. The van der Waals surface area contributed by atoms with Crippen LogP contribution >= 0.6 is 0 Å². The van der Waals surface area contributed by atoms with E-state index in [-0.39, 0.29) is 37.2 Å². The normalized spacial score (nSPS) is 15.1. The fourth-order valence-corrected chi connectivity index (χ4v) is 6.56. The number of halogens is 2. The number of hydrogen-bond donors (Lipinski definition) is 1. The molecule has 1 atom stereocenters. The Kier molecular flexibility index (Phi) is 9.20. The minimum Gasteiger partial charge on any atom is -0.482 e. The maximum Gasteiger partial charge on any atom is 0.325 e. The van der Waals surface area contributed by atoms with Crippen LogP contribution in [0.4, 0.5) is 14.5 Å². The van der Waals surface area contributed by atoms with Gasteiger partial charge in [-0.05, 0) is 58.1 Å². The first kappa shape index (κ1) is 33.4. The largest absolute Gasteiger partial charge is 0.482 e. The summed E-state index contributed by atoms with van der Waals surface area (Å²) in [4.78, 5) is 27.3. The number of aryl methyl sites for hydroxylation is 2. The second-order valence-corrected chi connectivity index (χ2v) is 12.7. The highest BCUT2D eigenvalue weighted by atomic mass is 19.1. The predicted molar refractivity (Wildman–Crippen MR) is 189 cm³/mol. The first-order valence-corrected chi connectivity index (χ1v) is 16.4. The molecule has 258 valence electrons. The summed E-state index contributed by atoms with van der Waals surface area (Å²) < 4.78 is 38.3. The van der Waals surface area contributed by atoms with Gasteiger partial charge < -0.3 is 19.3 Å². The quantitative estimate of drug-likeness (QED) is 0.192. The molecule has 11 heteroatoms. The number of rotatable bonds is 7. The van der Waals surface area contributed by atoms with Gasteiger partial charge in [0.05, 0.1) is 18.4 Å². The number of nitrogens with zero attached hydrogens (tertiary/aromatic N) is 5. The van der Waals surface area contributed by atoms with Gasteiger partial charge in [0.2, 0.25) is 0 Å². The standard InChI is InChI=1S/C21H19FN2O2.C19H16FN3O2/c1-23-9-8-15(11-23)14-6-7-17(19(22)10-14)13-24-12-16-4-2-3-5-18(16)20(24)21(25)26;1-22-10-15(9-21-22)13-6-7-14(16(20)8-13)11-23-17-4-2-3-5-18(17)25-12-19(23)24/h2-11,20H,12-13H2,1H3,(H,25,26);2-10H,11-12H2,1H3. The molecule has 9 nitrogen and oxygen atoms in total. The maximum absolute atomic E-state index is 14.7. The molecule has 1 amide bonds. The van der Waals surface area contributed by atoms with Crippen LogP contribution in [0.15, 0.2) is 116 Å². The van der Waals surface area contributed by atoms with Gasteiger partial charge in [0.25, 0.3) is 5.91 Å². The van der Waals surface area contributed by atoms with Gasteiger partial charge in [-0.15, -0.1) is 0 Å². The number of amides is 1. The Morgan fingerprint density at radius 1 is 0.843 bits per heavy atom. The molecule has 0 spiro atoms. The molecule has 2 aromatic heterocycles. The number of para-hydroxylation sites is 2. The molecule has 0 fully saturated rings. The van der Waals surface area contributed by atoms with Gasteiger partial charge in [0.15, 0.2) is 6.61 Å². The molecular formula is C40H35F2N5O4. The van der Waals surface area contributed by atoms with E-state index in [0.717, 1.165) is 33.4 Å². The second-order valence-electron chi connectivity index (χ2n) is 12.7. The Morgan fingerprint density at radius 3 is 2.20 bits per heavy atom. The molecule has 0 saturated heterocycles. The van der Waals surface area contributed by atoms with Gasteiger partial charge >= 0.3 is 5.97 Å². The molecule has 2 aliphatic heterocycles. The van der Waals surface area contributed by atoms with E-state index in [1.807, 2.05) is 91.9 Å². The molecule has 0 aliphatic carbocycles. The summed E-state index contributed by atoms with van der Waals surface area (Å²) >= 11 is 0. The molecule has 0 bridgehead atoms. The highest BCUT2D eigenvalue weighted by Crippen LogP contribution is 2.36. The van der Waals surface area contributed by atoms with Crippen molar-refractivity contribution in [2.45, 2.75) is 25.7 Å². The molecule has 8 rings (SSSR count). The van der Waals surface area contributed by atoms with E-state index in [1.54, 1.807) is 44.9 Å². The number of carbonyl (C=O) groups excluding carboxylic acids is 1. The summed E-state index contributed by atoms with van der Waals surface area (Å²) in [5, 5.41) is 13.7. The van der Waals surface area contributed by atoms with Crippen LogP contribution in [0.1, 0.15) is 28.3 Å². The van der Waals surface area contributed by atoms with Crippen LogP contribution in [-0.4, -0.2) is 42.8 Å². The number of anilines is 1. The summed E-state index contributed by atoms with van der Waals surface area (Å²) in [6, 6.07) is 26.2. The van der Waals surface area contributed by atoms with E-state index in [9.17, 15) is 23.5 Å². The van der Waals surface area contributed by atoms with Gasteiger partial charge in [-0.2, -0.15) is 5.10 Å². The minimum atomic E-state index is -0.906. The molecule has 4 aromatic carbocycles. The summed E-state index contributed by atoms with van der Waals surface area (Å²) in [5.41, 5.74) is 6.77. The third-order valence-electron chi connectivity index (χ3n) is 9.14. The van der Waals surface area contributed by atoms with Gasteiger partial charge in [0, 0.05) is 62.5 Å². The first-order chi connectivity index (χ1) is 24.6. The molecule has 51 heavy (non-hydrogen) atoms. The fourth-order valence-electron chi connectivity index (χ4n) is 6.56. The van der Waals surface area contributed by atoms with E-state index in [4.69, 9.17) is 4.74 Å². The zero-order chi connectivity index (χ0) is 35.6. The topological polar surface area (TPSA) is 92.8 Å². The number of fused-ring (bicyclic) bond motifs is 2. The number of aliphatic carboxylic acids is 1. The number of aromatic nitrogens is 3. The summed E-state index contributed by atoms with van der Waals surface area (Å²) in [5.74, 6) is -1.12. The van der Waals surface area contributed by atoms with Crippen molar-refractivity contribution in [2.24, 2.45) is 14.1 Å². The Labute approximate surface area is 293 Å². The Hall–Kier alpha value is -6.07. The zero-order valence-electron chi connectivity index (χ0n) is 28.0. The van der Waals surface area contributed by atoms with Crippen LogP contribution < -0.4 is 9.64 Å². The lowest BCUT2D eigenvalue weighted by Gasteiger charge is -2.29. The van der Waals surface area contributed by atoms with Crippen LogP contribution in [0.5, 0.6) is 5.75 Å². The molecular weight excluding hydrogens is 652 g/mol. The Morgan fingerprint density at radius 2 is 1.53 bits per heavy atom. The number of ether oxygens (including phenoxy) is 1. The van der Waals surface area contributed by atoms with E-state index < -0.39 is 12.0 Å². The predicted octanol–water partition coefficient (Wildman–Crippen LogP) is 7.12. The zero-order valence-corrected chi connectivity index (χ0v) is 28.0. The van der Waals surface area contributed by atoms with Crippen LogP contribution in [0.2, 0.25) is 0 Å². The molecule has 6 aromatic rings. The van der Waals surface area contributed by atoms with Crippen LogP contribution in [0.25, 0.3) is 22.3 Å². The minimum absolute atomic E-state index is 0.0353. The Balaban J connectivity index is 0.000000159. The van der Waals surface area contributed by atoms with E-state index in [1.165, 1.54) is 12.1 Å². The number of hydrogen-bond acceptors (Lipinski definition) is 5. The third kappa shape index (κ3) is 7.01. The average molecular weight is 688 g/mol. The lowest BCUT2D eigenvalue weighted by atomic mass is 10.0. The number of benzene rings is 4. The van der Waals surface area contributed by atoms with Crippen LogP contribution in [0, 0.1) is 11.6 Å². The van der Waals surface area contributed by atoms with Crippen molar-refractivity contribution in [1.29, 1.82) is 0 Å². The summed E-state index contributed by atoms with van der Waals surface area (Å²) in [7, 11) is 3.74. The van der Waals surface area contributed by atoms with Gasteiger partial charge in [-0.1, -0.05) is 60.7 Å². The lowest BCUT2D eigenvalue weighted by Crippen LogP contribution is -2.38. The highest BCUT2D eigenvalue weighted by molar-refractivity contribution is 5.97. The van der Waals surface area contributed by atoms with Crippen molar-refractivity contribution in [1.82, 2.24) is 19.2 Å². The third-order valence-corrected chi connectivity index (χ3v) is 9.14. The smallest absolute Gasteiger partial charge is 0.325 e. The molecule has 4 heterocycles. The maximum atomic E-state index is 14.7. The van der Waals surface area contributed by atoms with E-state index in [2.05, 4.69) is 5.10 Å². The SMILES string of the molecule is Cn1cc(-c2ccc(CN3C(=O)COc4ccccc43)c(F)c2)cn1.Cn1ccc(-c2ccc(CN3Cc4ccccc4C3C(=O)O)c(F)c2)c1. The molecule has 0 saturated carbocycles. The summed E-state index contributed by atoms with van der Waals surface area (Å²) in [6.45, 7) is 0.893. The second kappa shape index (κ2) is 14.0. The van der Waals surface area contributed by atoms with Crippen LogP contribution in [-0.2, 0) is 43.3 Å². The molecule has 1 N–H and O–H groups in total. The number of carboxylic acids is 1. The Bertz CT molecular complexity index is 2250. The van der Waals surface area contributed by atoms with Crippen molar-refractivity contribution < 1.29 is 28.2 Å². The first-order valence-electron chi connectivity index (χ1n) is 16.4. The van der Waals surface area contributed by atoms with Crippen molar-refractivity contribution >= 4 is 17.6 Å². The monoisotopic (exact) mass is 687 g/mol. The van der Waals surface area contributed by atoms with Gasteiger partial charge in [0.1, 0.15) is 23.4 Å².